The van der Waals surface area contributed by atoms with Crippen LogP contribution in [-0.4, -0.2) is 22.4 Å². The number of nitrogens with zero attached hydrogens (tertiary/aromatic N) is 1. The number of aromatic amines is 1. The van der Waals surface area contributed by atoms with E-state index in [0.29, 0.717) is 12.4 Å². The minimum Gasteiger partial charge on any atom is -0.352 e. The summed E-state index contributed by atoms with van der Waals surface area (Å²) in [5, 5.41) is 2.66. The van der Waals surface area contributed by atoms with Crippen molar-refractivity contribution in [3.8, 4) is 0 Å². The van der Waals surface area contributed by atoms with Gasteiger partial charge in [0, 0.05) is 12.7 Å². The first-order valence-electron chi connectivity index (χ1n) is 4.99. The Morgan fingerprint density at radius 1 is 1.60 bits per heavy atom. The molecular formula is C10H15N3O2. The fourth-order valence-electron chi connectivity index (χ4n) is 1.12. The molecule has 2 N–H and O–H groups in total. The van der Waals surface area contributed by atoms with Crippen molar-refractivity contribution in [1.29, 1.82) is 0 Å². The first-order valence-corrected chi connectivity index (χ1v) is 4.99. The normalized spacial score (nSPS) is 10.0. The highest BCUT2D eigenvalue weighted by atomic mass is 16.2. The monoisotopic (exact) mass is 209 g/mol. The van der Waals surface area contributed by atoms with Crippen LogP contribution in [-0.2, 0) is 0 Å². The van der Waals surface area contributed by atoms with Crippen LogP contribution in [0.3, 0.4) is 0 Å². The fraction of sp³-hybridized carbons (Fsp3) is 0.500. The molecule has 15 heavy (non-hydrogen) atoms. The third-order valence-corrected chi connectivity index (χ3v) is 1.99. The number of aryl methyl sites for hydroxylation is 1. The van der Waals surface area contributed by atoms with Crippen LogP contribution in [0.2, 0.25) is 0 Å². The molecule has 0 radical (unpaired) electrons. The molecule has 0 saturated carbocycles. The molecule has 0 spiro atoms. The third-order valence-electron chi connectivity index (χ3n) is 1.99. The number of nitrogens with one attached hydrogen (secondary N) is 2. The average Bonchev–Trinajstić information content (AvgIpc) is 2.17. The Morgan fingerprint density at radius 2 is 2.33 bits per heavy atom. The van der Waals surface area contributed by atoms with Gasteiger partial charge in [-0.1, -0.05) is 13.3 Å². The van der Waals surface area contributed by atoms with Crippen molar-refractivity contribution in [1.82, 2.24) is 15.3 Å². The van der Waals surface area contributed by atoms with Crippen LogP contribution >= 0.6 is 0 Å². The minimum absolute atomic E-state index is 0.0664. The second kappa shape index (κ2) is 5.29. The van der Waals surface area contributed by atoms with Crippen molar-refractivity contribution < 1.29 is 4.79 Å². The predicted molar refractivity (Wildman–Crippen MR) is 56.8 cm³/mol. The van der Waals surface area contributed by atoms with Gasteiger partial charge in [0.2, 0.25) is 0 Å². The molecule has 5 nitrogen and oxygen atoms in total. The molecule has 1 amide bonds. The van der Waals surface area contributed by atoms with Crippen LogP contribution in [0.4, 0.5) is 0 Å². The fourth-order valence-corrected chi connectivity index (χ4v) is 1.12. The first-order chi connectivity index (χ1) is 7.15. The Hall–Kier alpha value is -1.65. The van der Waals surface area contributed by atoms with E-state index in [0.717, 1.165) is 12.8 Å². The molecule has 0 unspecified atom stereocenters. The maximum Gasteiger partial charge on any atom is 0.263 e. The zero-order valence-electron chi connectivity index (χ0n) is 8.96. The van der Waals surface area contributed by atoms with Crippen molar-refractivity contribution >= 4 is 5.91 Å². The number of aromatic nitrogens is 2. The van der Waals surface area contributed by atoms with Gasteiger partial charge in [0.05, 0.1) is 0 Å². The SMILES string of the molecule is CCCCNC(=O)c1cnc(C)[nH]c1=O. The van der Waals surface area contributed by atoms with E-state index in [1.54, 1.807) is 6.92 Å². The number of unbranched alkanes of at least 4 members (excludes halogenated alkanes) is 1. The molecule has 1 aromatic rings. The van der Waals surface area contributed by atoms with E-state index < -0.39 is 5.56 Å². The molecule has 0 atom stereocenters. The maximum atomic E-state index is 11.5. The van der Waals surface area contributed by atoms with Gasteiger partial charge in [0.1, 0.15) is 11.4 Å². The molecule has 1 rings (SSSR count). The van der Waals surface area contributed by atoms with Gasteiger partial charge in [-0.05, 0) is 13.3 Å². The first kappa shape index (κ1) is 11.4. The second-order valence-electron chi connectivity index (χ2n) is 3.32. The lowest BCUT2D eigenvalue weighted by atomic mass is 10.3. The van der Waals surface area contributed by atoms with Crippen LogP contribution in [0.1, 0.15) is 35.9 Å². The summed E-state index contributed by atoms with van der Waals surface area (Å²) in [6, 6.07) is 0. The van der Waals surface area contributed by atoms with Gasteiger partial charge in [-0.15, -0.1) is 0 Å². The van der Waals surface area contributed by atoms with Gasteiger partial charge >= 0.3 is 0 Å². The number of carbonyl (C=O) groups is 1. The van der Waals surface area contributed by atoms with Crippen molar-refractivity contribution in [3.63, 3.8) is 0 Å². The Morgan fingerprint density at radius 3 is 2.93 bits per heavy atom. The van der Waals surface area contributed by atoms with Crippen LogP contribution in [0.25, 0.3) is 0 Å². The van der Waals surface area contributed by atoms with E-state index in [4.69, 9.17) is 0 Å². The van der Waals surface area contributed by atoms with E-state index in [2.05, 4.69) is 15.3 Å². The Kier molecular flexibility index (Phi) is 4.03. The van der Waals surface area contributed by atoms with E-state index in [9.17, 15) is 9.59 Å². The average molecular weight is 209 g/mol. The second-order valence-corrected chi connectivity index (χ2v) is 3.32. The Balaban J connectivity index is 2.70. The molecule has 5 heteroatoms. The molecule has 0 fully saturated rings. The van der Waals surface area contributed by atoms with Gasteiger partial charge < -0.3 is 10.3 Å². The molecule has 82 valence electrons. The molecule has 0 saturated heterocycles. The third kappa shape index (κ3) is 3.19. The summed E-state index contributed by atoms with van der Waals surface area (Å²) in [5.41, 5.74) is -0.326. The molecular weight excluding hydrogens is 194 g/mol. The summed E-state index contributed by atoms with van der Waals surface area (Å²) in [6.07, 6.45) is 3.21. The lowest BCUT2D eigenvalue weighted by Crippen LogP contribution is -2.30. The topological polar surface area (TPSA) is 74.8 Å². The number of H-pyrrole nitrogens is 1. The highest BCUT2D eigenvalue weighted by molar-refractivity contribution is 5.93. The number of carbonyl (C=O) groups excluding carboxylic acids is 1. The van der Waals surface area contributed by atoms with Crippen molar-refractivity contribution in [2.24, 2.45) is 0 Å². The lowest BCUT2D eigenvalue weighted by Gasteiger charge is -2.02. The molecule has 0 aliphatic carbocycles. The van der Waals surface area contributed by atoms with Crippen LogP contribution in [0.5, 0.6) is 0 Å². The quantitative estimate of drug-likeness (QED) is 0.713. The zero-order chi connectivity index (χ0) is 11.3. The standard InChI is InChI=1S/C10H15N3O2/c1-3-4-5-11-9(14)8-6-12-7(2)13-10(8)15/h6H,3-5H2,1-2H3,(H,11,14)(H,12,13,15). The highest BCUT2D eigenvalue weighted by Gasteiger charge is 2.09. The van der Waals surface area contributed by atoms with Crippen LogP contribution in [0, 0.1) is 6.92 Å². The Bertz CT molecular complexity index is 398. The number of hydrogen-bond donors (Lipinski definition) is 2. The highest BCUT2D eigenvalue weighted by Crippen LogP contribution is 1.90. The molecule has 0 aromatic carbocycles. The molecule has 0 bridgehead atoms. The van der Waals surface area contributed by atoms with Gasteiger partial charge in [-0.2, -0.15) is 0 Å². The summed E-state index contributed by atoms with van der Waals surface area (Å²) in [6.45, 7) is 4.29. The summed E-state index contributed by atoms with van der Waals surface area (Å²) >= 11 is 0. The van der Waals surface area contributed by atoms with Gasteiger partial charge in [-0.3, -0.25) is 9.59 Å². The van der Waals surface area contributed by atoms with E-state index >= 15 is 0 Å². The number of rotatable bonds is 4. The van der Waals surface area contributed by atoms with E-state index in [-0.39, 0.29) is 11.5 Å². The molecule has 0 aliphatic heterocycles. The zero-order valence-corrected chi connectivity index (χ0v) is 8.96. The Labute approximate surface area is 87.9 Å². The summed E-state index contributed by atoms with van der Waals surface area (Å²) in [7, 11) is 0. The number of amides is 1. The minimum atomic E-state index is -0.392. The summed E-state index contributed by atoms with van der Waals surface area (Å²) < 4.78 is 0. The van der Waals surface area contributed by atoms with Crippen LogP contribution < -0.4 is 10.9 Å². The van der Waals surface area contributed by atoms with Gasteiger partial charge in [-0.25, -0.2) is 4.98 Å². The predicted octanol–water partition coefficient (Wildman–Crippen LogP) is 0.608. The molecule has 1 aromatic heterocycles. The smallest absolute Gasteiger partial charge is 0.263 e. The lowest BCUT2D eigenvalue weighted by molar-refractivity contribution is 0.0951. The summed E-state index contributed by atoms with van der Waals surface area (Å²) in [4.78, 5) is 29.2. The van der Waals surface area contributed by atoms with Crippen LogP contribution in [0.15, 0.2) is 11.0 Å². The summed E-state index contributed by atoms with van der Waals surface area (Å²) in [5.74, 6) is 0.141. The van der Waals surface area contributed by atoms with E-state index in [1.165, 1.54) is 6.20 Å². The van der Waals surface area contributed by atoms with Crippen molar-refractivity contribution in [3.05, 3.63) is 27.9 Å². The van der Waals surface area contributed by atoms with Gasteiger partial charge in [0.25, 0.3) is 11.5 Å². The largest absolute Gasteiger partial charge is 0.352 e. The van der Waals surface area contributed by atoms with E-state index in [1.807, 2.05) is 6.92 Å². The van der Waals surface area contributed by atoms with Crippen molar-refractivity contribution in [2.75, 3.05) is 6.54 Å². The maximum absolute atomic E-state index is 11.5. The number of hydrogen-bond acceptors (Lipinski definition) is 3. The molecule has 1 heterocycles. The molecule has 0 aliphatic rings. The van der Waals surface area contributed by atoms with Crippen molar-refractivity contribution in [2.45, 2.75) is 26.7 Å². The van der Waals surface area contributed by atoms with Gasteiger partial charge in [0.15, 0.2) is 0 Å².